The summed E-state index contributed by atoms with van der Waals surface area (Å²) in [6.45, 7) is -1.26. The number of hydrogen-bond acceptors (Lipinski definition) is 11. The van der Waals surface area contributed by atoms with Gasteiger partial charge >= 0.3 is 0 Å². The van der Waals surface area contributed by atoms with Crippen LogP contribution in [0, 0.1) is 0 Å². The first-order valence-electron chi connectivity index (χ1n) is 5.58. The van der Waals surface area contributed by atoms with E-state index in [0.717, 1.165) is 0 Å². The Balaban J connectivity index is 3.11. The molecule has 0 amide bonds. The number of nitrogens with zero attached hydrogens (tertiary/aromatic N) is 4. The van der Waals surface area contributed by atoms with Crippen LogP contribution in [0.2, 0.25) is 0 Å². The monoisotopic (exact) mass is 290 g/mol. The van der Waals surface area contributed by atoms with Crippen LogP contribution in [0.3, 0.4) is 0 Å². The van der Waals surface area contributed by atoms with Crippen molar-refractivity contribution in [2.75, 3.05) is 49.9 Å². The SMILES string of the molecule is COC(OC)N(CO)c1nc(NCO)nc(NCO)n1. The summed E-state index contributed by atoms with van der Waals surface area (Å²) >= 11 is 0. The van der Waals surface area contributed by atoms with Crippen LogP contribution in [0.1, 0.15) is 0 Å². The topological polar surface area (TPSA) is 145 Å². The molecule has 114 valence electrons. The summed E-state index contributed by atoms with van der Waals surface area (Å²) in [5.41, 5.74) is 0. The molecule has 1 aromatic rings. The quantitative estimate of drug-likeness (QED) is 0.320. The molecule has 20 heavy (non-hydrogen) atoms. The van der Waals surface area contributed by atoms with Gasteiger partial charge in [-0.05, 0) is 0 Å². The van der Waals surface area contributed by atoms with Crippen LogP contribution < -0.4 is 15.5 Å². The fourth-order valence-electron chi connectivity index (χ4n) is 1.37. The van der Waals surface area contributed by atoms with Crippen molar-refractivity contribution in [2.45, 2.75) is 6.41 Å². The van der Waals surface area contributed by atoms with Gasteiger partial charge < -0.3 is 35.4 Å². The van der Waals surface area contributed by atoms with Gasteiger partial charge in [-0.25, -0.2) is 0 Å². The second kappa shape index (κ2) is 8.39. The zero-order chi connectivity index (χ0) is 15.0. The second-order valence-electron chi connectivity index (χ2n) is 3.34. The van der Waals surface area contributed by atoms with E-state index in [1.165, 1.54) is 19.1 Å². The molecule has 0 aliphatic heterocycles. The maximum Gasteiger partial charge on any atom is 0.244 e. The molecule has 1 heterocycles. The molecule has 5 N–H and O–H groups in total. The third kappa shape index (κ3) is 4.11. The number of nitrogens with one attached hydrogen (secondary N) is 2. The van der Waals surface area contributed by atoms with Crippen molar-refractivity contribution >= 4 is 17.8 Å². The molecule has 0 atom stereocenters. The van der Waals surface area contributed by atoms with Crippen molar-refractivity contribution in [1.29, 1.82) is 0 Å². The molecule has 0 radical (unpaired) electrons. The van der Waals surface area contributed by atoms with E-state index in [2.05, 4.69) is 25.6 Å². The Labute approximate surface area is 115 Å². The van der Waals surface area contributed by atoms with Gasteiger partial charge in [0, 0.05) is 14.2 Å². The van der Waals surface area contributed by atoms with E-state index in [9.17, 15) is 5.11 Å². The van der Waals surface area contributed by atoms with E-state index in [4.69, 9.17) is 19.7 Å². The van der Waals surface area contributed by atoms with Gasteiger partial charge in [0.2, 0.25) is 24.3 Å². The Bertz CT molecular complexity index is 380. The summed E-state index contributed by atoms with van der Waals surface area (Å²) in [5.74, 6) is 0.138. The highest BCUT2D eigenvalue weighted by Gasteiger charge is 2.21. The number of hydrogen-bond donors (Lipinski definition) is 5. The lowest BCUT2D eigenvalue weighted by molar-refractivity contribution is -0.110. The molecule has 0 spiro atoms. The Morgan fingerprint density at radius 3 is 1.85 bits per heavy atom. The highest BCUT2D eigenvalue weighted by atomic mass is 16.7. The molecule has 1 rings (SSSR count). The lowest BCUT2D eigenvalue weighted by Crippen LogP contribution is -2.40. The summed E-state index contributed by atoms with van der Waals surface area (Å²) in [6, 6.07) is 0. The number of anilines is 3. The molecule has 0 aromatic carbocycles. The molecular formula is C9H18N6O5. The standard InChI is InChI=1S/C9H18N6O5/c1-19-9(20-2)15(5-18)8-13-6(10-3-16)12-7(14-8)11-4-17/h9,16-18H,3-5H2,1-2H3,(H2,10,11,12,13,14). The fourth-order valence-corrected chi connectivity index (χ4v) is 1.37. The van der Waals surface area contributed by atoms with Gasteiger partial charge in [0.05, 0.1) is 0 Å². The normalized spacial score (nSPS) is 10.7. The molecule has 0 unspecified atom stereocenters. The van der Waals surface area contributed by atoms with Gasteiger partial charge in [-0.2, -0.15) is 15.0 Å². The van der Waals surface area contributed by atoms with E-state index in [1.54, 1.807) is 0 Å². The highest BCUT2D eigenvalue weighted by molar-refractivity contribution is 5.43. The summed E-state index contributed by atoms with van der Waals surface area (Å²) in [6.07, 6.45) is -0.911. The van der Waals surface area contributed by atoms with Crippen molar-refractivity contribution in [3.8, 4) is 0 Å². The average Bonchev–Trinajstić information content (AvgIpc) is 2.45. The molecule has 1 aromatic heterocycles. The zero-order valence-electron chi connectivity index (χ0n) is 11.1. The lowest BCUT2D eigenvalue weighted by Gasteiger charge is -2.27. The molecule has 0 fully saturated rings. The zero-order valence-corrected chi connectivity index (χ0v) is 11.1. The van der Waals surface area contributed by atoms with Crippen LogP contribution >= 0.6 is 0 Å². The first-order valence-corrected chi connectivity index (χ1v) is 5.58. The third-order valence-electron chi connectivity index (χ3n) is 2.16. The largest absolute Gasteiger partial charge is 0.376 e. The molecule has 0 aliphatic rings. The minimum atomic E-state index is -0.911. The molecular weight excluding hydrogens is 272 g/mol. The number of ether oxygens (including phenoxy) is 2. The van der Waals surface area contributed by atoms with Crippen LogP contribution in [0.25, 0.3) is 0 Å². The smallest absolute Gasteiger partial charge is 0.244 e. The molecule has 0 bridgehead atoms. The number of aliphatic hydroxyl groups excluding tert-OH is 3. The molecule has 11 heteroatoms. The Hall–Kier alpha value is -1.79. The predicted octanol–water partition coefficient (Wildman–Crippen LogP) is -2.07. The average molecular weight is 290 g/mol. The van der Waals surface area contributed by atoms with Gasteiger partial charge in [0.1, 0.15) is 20.2 Å². The van der Waals surface area contributed by atoms with Crippen LogP contribution in [-0.4, -0.2) is 71.1 Å². The first kappa shape index (κ1) is 16.3. The third-order valence-corrected chi connectivity index (χ3v) is 2.16. The minimum Gasteiger partial charge on any atom is -0.376 e. The summed E-state index contributed by atoms with van der Waals surface area (Å²) < 4.78 is 10.0. The number of aromatic nitrogens is 3. The van der Waals surface area contributed by atoms with Crippen molar-refractivity contribution < 1.29 is 24.8 Å². The van der Waals surface area contributed by atoms with E-state index >= 15 is 0 Å². The second-order valence-corrected chi connectivity index (χ2v) is 3.34. The molecule has 11 nitrogen and oxygen atoms in total. The molecule has 0 aliphatic carbocycles. The highest BCUT2D eigenvalue weighted by Crippen LogP contribution is 2.16. The Morgan fingerprint density at radius 2 is 1.50 bits per heavy atom. The Morgan fingerprint density at radius 1 is 1.00 bits per heavy atom. The number of rotatable bonds is 9. The van der Waals surface area contributed by atoms with Gasteiger partial charge in [-0.1, -0.05) is 0 Å². The van der Waals surface area contributed by atoms with Crippen LogP contribution in [0.5, 0.6) is 0 Å². The van der Waals surface area contributed by atoms with E-state index in [1.807, 2.05) is 0 Å². The van der Waals surface area contributed by atoms with Gasteiger partial charge in [0.25, 0.3) is 0 Å². The number of aliphatic hydroxyl groups is 3. The number of methoxy groups -OCH3 is 2. The first-order chi connectivity index (χ1) is 9.69. The summed E-state index contributed by atoms with van der Waals surface area (Å²) in [4.78, 5) is 13.1. The van der Waals surface area contributed by atoms with Gasteiger partial charge in [0.15, 0.2) is 0 Å². The van der Waals surface area contributed by atoms with Crippen LogP contribution in [-0.2, 0) is 9.47 Å². The molecule has 0 saturated heterocycles. The maximum absolute atomic E-state index is 9.38. The van der Waals surface area contributed by atoms with Crippen molar-refractivity contribution in [3.05, 3.63) is 0 Å². The summed E-state index contributed by atoms with van der Waals surface area (Å²) in [5, 5.41) is 32.0. The van der Waals surface area contributed by atoms with Crippen molar-refractivity contribution in [2.24, 2.45) is 0 Å². The van der Waals surface area contributed by atoms with E-state index in [0.29, 0.717) is 0 Å². The van der Waals surface area contributed by atoms with Crippen LogP contribution in [0.4, 0.5) is 17.8 Å². The molecule has 0 saturated carbocycles. The fraction of sp³-hybridized carbons (Fsp3) is 0.667. The van der Waals surface area contributed by atoms with Gasteiger partial charge in [-0.15, -0.1) is 0 Å². The minimum absolute atomic E-state index is 0.0306. The Kier molecular flexibility index (Phi) is 6.83. The lowest BCUT2D eigenvalue weighted by atomic mass is 10.7. The van der Waals surface area contributed by atoms with Gasteiger partial charge in [-0.3, -0.25) is 4.90 Å². The van der Waals surface area contributed by atoms with E-state index < -0.39 is 13.1 Å². The van der Waals surface area contributed by atoms with Crippen molar-refractivity contribution in [1.82, 2.24) is 15.0 Å². The van der Waals surface area contributed by atoms with E-state index in [-0.39, 0.29) is 31.3 Å². The summed E-state index contributed by atoms with van der Waals surface area (Å²) in [7, 11) is 2.77. The maximum atomic E-state index is 9.38. The van der Waals surface area contributed by atoms with Crippen LogP contribution in [0.15, 0.2) is 0 Å². The predicted molar refractivity (Wildman–Crippen MR) is 68.6 cm³/mol. The van der Waals surface area contributed by atoms with Crippen molar-refractivity contribution in [3.63, 3.8) is 0 Å².